The number of carbonyl (C=O) groups is 3. The van der Waals surface area contributed by atoms with Crippen molar-refractivity contribution in [2.75, 3.05) is 25.6 Å². The number of fused-ring (bicyclic) bond motifs is 1. The number of aliphatic imine (C=N–C) groups is 1. The molecule has 0 radical (unpaired) electrons. The van der Waals surface area contributed by atoms with E-state index in [1.807, 2.05) is 0 Å². The highest BCUT2D eigenvalue weighted by molar-refractivity contribution is 6.23. The number of hydrogen-bond donors (Lipinski definition) is 4. The van der Waals surface area contributed by atoms with Gasteiger partial charge in [0, 0.05) is 26.6 Å². The van der Waals surface area contributed by atoms with Gasteiger partial charge in [0.2, 0.25) is 0 Å². The number of aliphatic hydroxyl groups is 1. The van der Waals surface area contributed by atoms with Gasteiger partial charge in [0.1, 0.15) is 5.54 Å². The van der Waals surface area contributed by atoms with E-state index < -0.39 is 29.9 Å². The molecule has 0 aliphatic carbocycles. The summed E-state index contributed by atoms with van der Waals surface area (Å²) < 4.78 is 0. The number of aromatic nitrogens is 4. The standard InChI is InChI=1S/C20H27N9O4/c1-13(21)22-11-6-5-9-20(10-12-30,18(33)28(2)25-19-23-26-27-24-19)29-16(31)14-7-3-4-8-15(14)17(29)32/h3-4,7-8,30H,5-6,9-12H2,1-2H3,(H2,21,22)(H2,23,24,25,26,27). The third kappa shape index (κ3) is 4.82. The highest BCUT2D eigenvalue weighted by Gasteiger charge is 2.54. The normalized spacial score (nSPS) is 15.4. The lowest BCUT2D eigenvalue weighted by Gasteiger charge is -2.41. The number of likely N-dealkylation sites (N-methyl/N-ethyl adjacent to an activating group) is 1. The van der Waals surface area contributed by atoms with Crippen LogP contribution in [0.4, 0.5) is 5.95 Å². The van der Waals surface area contributed by atoms with E-state index in [0.717, 1.165) is 9.91 Å². The Hall–Kier alpha value is -3.87. The van der Waals surface area contributed by atoms with Gasteiger partial charge in [-0.3, -0.25) is 34.7 Å². The number of tetrazole rings is 1. The zero-order valence-electron chi connectivity index (χ0n) is 18.5. The van der Waals surface area contributed by atoms with Crippen LogP contribution in [0.15, 0.2) is 29.3 Å². The number of hydrogen-bond acceptors (Lipinski definition) is 9. The molecule has 1 atom stereocenters. The predicted octanol–water partition coefficient (Wildman–Crippen LogP) is -0.0502. The number of aliphatic hydroxyl groups excluding tert-OH is 1. The van der Waals surface area contributed by atoms with Crippen LogP contribution in [0.3, 0.4) is 0 Å². The summed E-state index contributed by atoms with van der Waals surface area (Å²) in [5.74, 6) is -1.30. The monoisotopic (exact) mass is 457 g/mol. The SMILES string of the molecule is CC(N)=NCCCCC(CCO)(C(=O)N(C)Nc1nn[nH]n1)N1C(=O)c2ccccc2C1=O. The molecular weight excluding hydrogens is 430 g/mol. The van der Waals surface area contributed by atoms with Crippen molar-refractivity contribution in [3.05, 3.63) is 35.4 Å². The first-order valence-corrected chi connectivity index (χ1v) is 10.5. The number of nitrogens with one attached hydrogen (secondary N) is 2. The molecule has 0 saturated carbocycles. The molecule has 1 unspecified atom stereocenters. The number of aromatic amines is 1. The smallest absolute Gasteiger partial charge is 0.281 e. The summed E-state index contributed by atoms with van der Waals surface area (Å²) in [7, 11) is 1.42. The van der Waals surface area contributed by atoms with Crippen molar-refractivity contribution in [1.82, 2.24) is 30.5 Å². The highest BCUT2D eigenvalue weighted by Crippen LogP contribution is 2.36. The van der Waals surface area contributed by atoms with E-state index in [2.05, 4.69) is 31.0 Å². The molecule has 1 aromatic heterocycles. The molecule has 1 aliphatic rings. The number of amidine groups is 1. The van der Waals surface area contributed by atoms with Crippen LogP contribution in [0.1, 0.15) is 53.3 Å². The van der Waals surface area contributed by atoms with Crippen LogP contribution in [-0.4, -0.2) is 84.9 Å². The van der Waals surface area contributed by atoms with Gasteiger partial charge in [0.05, 0.1) is 17.0 Å². The minimum Gasteiger partial charge on any atom is -0.396 e. The number of amides is 3. The summed E-state index contributed by atoms with van der Waals surface area (Å²) in [6, 6.07) is 6.40. The van der Waals surface area contributed by atoms with E-state index >= 15 is 0 Å². The third-order valence-corrected chi connectivity index (χ3v) is 5.42. The van der Waals surface area contributed by atoms with Gasteiger partial charge in [-0.1, -0.05) is 17.2 Å². The first kappa shape index (κ1) is 23.8. The van der Waals surface area contributed by atoms with Crippen LogP contribution in [0.25, 0.3) is 0 Å². The van der Waals surface area contributed by atoms with Crippen LogP contribution in [0.2, 0.25) is 0 Å². The van der Waals surface area contributed by atoms with Gasteiger partial charge >= 0.3 is 0 Å². The first-order valence-electron chi connectivity index (χ1n) is 10.5. The Kier molecular flexibility index (Phi) is 7.33. The quantitative estimate of drug-likeness (QED) is 0.118. The minimum absolute atomic E-state index is 0.0267. The van der Waals surface area contributed by atoms with E-state index in [9.17, 15) is 19.5 Å². The first-order chi connectivity index (χ1) is 15.8. The molecule has 0 saturated heterocycles. The van der Waals surface area contributed by atoms with Crippen molar-refractivity contribution in [1.29, 1.82) is 0 Å². The third-order valence-electron chi connectivity index (χ3n) is 5.42. The Bertz CT molecular complexity index is 1000. The molecule has 176 valence electrons. The maximum absolute atomic E-state index is 13.8. The Labute approximate surface area is 190 Å². The fourth-order valence-corrected chi connectivity index (χ4v) is 3.93. The number of anilines is 1. The zero-order chi connectivity index (χ0) is 24.0. The van der Waals surface area contributed by atoms with Gasteiger partial charge in [-0.2, -0.15) is 5.21 Å². The van der Waals surface area contributed by atoms with Gasteiger partial charge < -0.3 is 10.8 Å². The number of rotatable bonds is 11. The van der Waals surface area contributed by atoms with Gasteiger partial charge in [-0.15, -0.1) is 5.10 Å². The number of imide groups is 1. The molecule has 3 amide bonds. The summed E-state index contributed by atoms with van der Waals surface area (Å²) in [6.45, 7) is 1.69. The summed E-state index contributed by atoms with van der Waals surface area (Å²) in [6.07, 6.45) is 0.996. The maximum atomic E-state index is 13.8. The lowest BCUT2D eigenvalue weighted by Crippen LogP contribution is -2.62. The lowest BCUT2D eigenvalue weighted by molar-refractivity contribution is -0.141. The minimum atomic E-state index is -1.64. The van der Waals surface area contributed by atoms with E-state index in [0.29, 0.717) is 25.2 Å². The molecule has 0 fully saturated rings. The molecule has 13 heteroatoms. The predicted molar refractivity (Wildman–Crippen MR) is 118 cm³/mol. The summed E-state index contributed by atoms with van der Waals surface area (Å²) in [5.41, 5.74) is 7.04. The largest absolute Gasteiger partial charge is 0.396 e. The molecule has 13 nitrogen and oxygen atoms in total. The van der Waals surface area contributed by atoms with Gasteiger partial charge in [-0.25, -0.2) is 0 Å². The molecule has 3 rings (SSSR count). The number of nitrogens with zero attached hydrogens (tertiary/aromatic N) is 6. The molecule has 2 heterocycles. The molecule has 0 spiro atoms. The summed E-state index contributed by atoms with van der Waals surface area (Å²) in [4.78, 5) is 45.5. The van der Waals surface area contributed by atoms with E-state index in [4.69, 9.17) is 5.73 Å². The second-order valence-electron chi connectivity index (χ2n) is 7.69. The zero-order valence-corrected chi connectivity index (χ0v) is 18.5. The summed E-state index contributed by atoms with van der Waals surface area (Å²) >= 11 is 0. The Balaban J connectivity index is 1.96. The van der Waals surface area contributed by atoms with Crippen LogP contribution >= 0.6 is 0 Å². The fraction of sp³-hybridized carbons (Fsp3) is 0.450. The Morgan fingerprint density at radius 2 is 1.91 bits per heavy atom. The fourth-order valence-electron chi connectivity index (χ4n) is 3.93. The van der Waals surface area contributed by atoms with Crippen molar-refractivity contribution in [2.24, 2.45) is 10.7 Å². The number of benzene rings is 1. The average molecular weight is 457 g/mol. The van der Waals surface area contributed by atoms with Crippen molar-refractivity contribution in [3.8, 4) is 0 Å². The molecule has 1 aliphatic heterocycles. The van der Waals surface area contributed by atoms with Crippen LogP contribution in [-0.2, 0) is 4.79 Å². The van der Waals surface area contributed by atoms with Crippen molar-refractivity contribution in [2.45, 2.75) is 38.1 Å². The number of hydrazine groups is 1. The molecule has 1 aromatic carbocycles. The van der Waals surface area contributed by atoms with Crippen LogP contribution < -0.4 is 11.2 Å². The second-order valence-corrected chi connectivity index (χ2v) is 7.69. The lowest BCUT2D eigenvalue weighted by atomic mass is 9.85. The second kappa shape index (κ2) is 10.2. The van der Waals surface area contributed by atoms with Crippen LogP contribution in [0.5, 0.6) is 0 Å². The topological polar surface area (TPSA) is 183 Å². The van der Waals surface area contributed by atoms with Crippen LogP contribution in [0, 0.1) is 0 Å². The highest BCUT2D eigenvalue weighted by atomic mass is 16.3. The Morgan fingerprint density at radius 1 is 1.24 bits per heavy atom. The summed E-state index contributed by atoms with van der Waals surface area (Å²) in [5, 5.41) is 24.2. The number of unbranched alkanes of at least 4 members (excludes halogenated alkanes) is 1. The number of nitrogens with two attached hydrogens (primary N) is 1. The molecule has 33 heavy (non-hydrogen) atoms. The van der Waals surface area contributed by atoms with Gasteiger partial charge in [-0.05, 0) is 43.5 Å². The molecule has 0 bridgehead atoms. The van der Waals surface area contributed by atoms with Crippen molar-refractivity contribution in [3.63, 3.8) is 0 Å². The number of H-pyrrole nitrogens is 1. The van der Waals surface area contributed by atoms with Gasteiger partial charge in [0.15, 0.2) is 0 Å². The maximum Gasteiger partial charge on any atom is 0.281 e. The molecular formula is C20H27N9O4. The molecule has 2 aromatic rings. The molecule has 5 N–H and O–H groups in total. The van der Waals surface area contributed by atoms with E-state index in [1.165, 1.54) is 7.05 Å². The van der Waals surface area contributed by atoms with Gasteiger partial charge in [0.25, 0.3) is 23.7 Å². The van der Waals surface area contributed by atoms with E-state index in [1.54, 1.807) is 31.2 Å². The van der Waals surface area contributed by atoms with Crippen molar-refractivity contribution < 1.29 is 19.5 Å². The average Bonchev–Trinajstić information content (AvgIpc) is 3.39. The Morgan fingerprint density at radius 3 is 2.45 bits per heavy atom. The van der Waals surface area contributed by atoms with Crippen molar-refractivity contribution >= 4 is 29.5 Å². The number of carbonyl (C=O) groups excluding carboxylic acids is 3. The van der Waals surface area contributed by atoms with E-state index in [-0.39, 0.29) is 29.9 Å².